The van der Waals surface area contributed by atoms with Crippen molar-refractivity contribution in [2.75, 3.05) is 31.3 Å². The summed E-state index contributed by atoms with van der Waals surface area (Å²) in [4.78, 5) is 3.56. The molecule has 0 saturated heterocycles. The second-order valence-corrected chi connectivity index (χ2v) is 5.18. The van der Waals surface area contributed by atoms with Gasteiger partial charge in [-0.05, 0) is 30.0 Å². The van der Waals surface area contributed by atoms with Crippen LogP contribution in [-0.2, 0) is 6.42 Å². The molecule has 0 amide bonds. The fourth-order valence-electron chi connectivity index (χ4n) is 1.90. The number of nitrogens with zero attached hydrogens (tertiary/aromatic N) is 1. The van der Waals surface area contributed by atoms with Crippen LogP contribution in [0.15, 0.2) is 35.7 Å². The van der Waals surface area contributed by atoms with E-state index in [0.717, 1.165) is 24.4 Å². The predicted molar refractivity (Wildman–Crippen MR) is 78.7 cm³/mol. The van der Waals surface area contributed by atoms with Gasteiger partial charge in [-0.15, -0.1) is 11.3 Å². The summed E-state index contributed by atoms with van der Waals surface area (Å²) in [6.45, 7) is 0.942. The molecule has 0 radical (unpaired) electrons. The Hall–Kier alpha value is -1.68. The number of methoxy groups -OCH3 is 1. The van der Waals surface area contributed by atoms with Gasteiger partial charge in [0.2, 0.25) is 0 Å². The molecule has 2 rings (SSSR count). The number of likely N-dealkylation sites (N-methyl/N-ethyl adjacent to an activating group) is 1. The molecule has 4 heteroatoms. The zero-order chi connectivity index (χ0) is 13.0. The Morgan fingerprint density at radius 3 is 2.78 bits per heavy atom. The van der Waals surface area contributed by atoms with Crippen LogP contribution in [0.1, 0.15) is 4.88 Å². The first-order valence-corrected chi connectivity index (χ1v) is 6.76. The maximum absolute atomic E-state index is 6.08. The minimum atomic E-state index is 0.702. The van der Waals surface area contributed by atoms with Crippen LogP contribution in [-0.4, -0.2) is 20.7 Å². The Kier molecular flexibility index (Phi) is 4.10. The fraction of sp³-hybridized carbons (Fsp3) is 0.286. The van der Waals surface area contributed by atoms with Crippen LogP contribution >= 0.6 is 11.3 Å². The maximum atomic E-state index is 6.08. The molecule has 0 unspecified atom stereocenters. The lowest BCUT2D eigenvalue weighted by atomic mass is 10.2. The van der Waals surface area contributed by atoms with E-state index in [-0.39, 0.29) is 0 Å². The number of benzene rings is 1. The molecule has 0 spiro atoms. The van der Waals surface area contributed by atoms with Crippen molar-refractivity contribution in [3.05, 3.63) is 40.6 Å². The minimum absolute atomic E-state index is 0.702. The molecule has 0 fully saturated rings. The third-order valence-corrected chi connectivity index (χ3v) is 3.88. The van der Waals surface area contributed by atoms with Gasteiger partial charge in [0.1, 0.15) is 5.75 Å². The van der Waals surface area contributed by atoms with E-state index >= 15 is 0 Å². The zero-order valence-corrected chi connectivity index (χ0v) is 11.5. The lowest BCUT2D eigenvalue weighted by Crippen LogP contribution is -2.21. The summed E-state index contributed by atoms with van der Waals surface area (Å²) in [5, 5.41) is 2.11. The lowest BCUT2D eigenvalue weighted by Gasteiger charge is -2.21. The van der Waals surface area contributed by atoms with E-state index < -0.39 is 0 Å². The van der Waals surface area contributed by atoms with Crippen molar-refractivity contribution in [3.8, 4) is 5.75 Å². The predicted octanol–water partition coefficient (Wildman–Crippen LogP) is 3.02. The SMILES string of the molecule is COc1cccc(N(C)CCc2cccs2)c1N. The Morgan fingerprint density at radius 1 is 1.28 bits per heavy atom. The topological polar surface area (TPSA) is 38.5 Å². The average Bonchev–Trinajstić information content (AvgIpc) is 2.89. The van der Waals surface area contributed by atoms with Gasteiger partial charge in [-0.25, -0.2) is 0 Å². The van der Waals surface area contributed by atoms with Crippen molar-refractivity contribution in [1.82, 2.24) is 0 Å². The Balaban J connectivity index is 2.06. The van der Waals surface area contributed by atoms with Gasteiger partial charge >= 0.3 is 0 Å². The van der Waals surface area contributed by atoms with Crippen LogP contribution in [0.5, 0.6) is 5.75 Å². The van der Waals surface area contributed by atoms with Gasteiger partial charge in [0, 0.05) is 18.5 Å². The summed E-state index contributed by atoms with van der Waals surface area (Å²) >= 11 is 1.79. The Labute approximate surface area is 112 Å². The first-order chi connectivity index (χ1) is 8.72. The molecule has 0 aliphatic heterocycles. The van der Waals surface area contributed by atoms with Crippen LogP contribution in [0, 0.1) is 0 Å². The fourth-order valence-corrected chi connectivity index (χ4v) is 2.59. The van der Waals surface area contributed by atoms with E-state index in [9.17, 15) is 0 Å². The normalized spacial score (nSPS) is 10.3. The lowest BCUT2D eigenvalue weighted by molar-refractivity contribution is 0.417. The highest BCUT2D eigenvalue weighted by atomic mass is 32.1. The molecule has 1 aromatic heterocycles. The third-order valence-electron chi connectivity index (χ3n) is 2.95. The van der Waals surface area contributed by atoms with Crippen molar-refractivity contribution in [1.29, 1.82) is 0 Å². The van der Waals surface area contributed by atoms with Crippen LogP contribution in [0.3, 0.4) is 0 Å². The highest BCUT2D eigenvalue weighted by molar-refractivity contribution is 7.09. The van der Waals surface area contributed by atoms with Crippen molar-refractivity contribution in [3.63, 3.8) is 0 Å². The van der Waals surface area contributed by atoms with E-state index in [1.807, 2.05) is 18.2 Å². The largest absolute Gasteiger partial charge is 0.495 e. The molecule has 0 aliphatic carbocycles. The number of para-hydroxylation sites is 1. The Morgan fingerprint density at radius 2 is 2.11 bits per heavy atom. The monoisotopic (exact) mass is 262 g/mol. The van der Waals surface area contributed by atoms with Crippen LogP contribution in [0.25, 0.3) is 0 Å². The number of anilines is 2. The molecular weight excluding hydrogens is 244 g/mol. The summed E-state index contributed by atoms with van der Waals surface area (Å²) in [6.07, 6.45) is 1.03. The molecule has 2 N–H and O–H groups in total. The number of nitrogen functional groups attached to an aromatic ring is 1. The maximum Gasteiger partial charge on any atom is 0.143 e. The smallest absolute Gasteiger partial charge is 0.143 e. The van der Waals surface area contributed by atoms with Gasteiger partial charge in [0.25, 0.3) is 0 Å². The third kappa shape index (κ3) is 2.76. The first kappa shape index (κ1) is 12.8. The highest BCUT2D eigenvalue weighted by Crippen LogP contribution is 2.31. The number of rotatable bonds is 5. The van der Waals surface area contributed by atoms with Gasteiger partial charge in [-0.3, -0.25) is 0 Å². The van der Waals surface area contributed by atoms with Crippen molar-refractivity contribution in [2.45, 2.75) is 6.42 Å². The summed E-state index contributed by atoms with van der Waals surface area (Å²) in [6, 6.07) is 10.1. The summed E-state index contributed by atoms with van der Waals surface area (Å²) in [5.74, 6) is 0.732. The van der Waals surface area contributed by atoms with E-state index in [1.54, 1.807) is 18.4 Å². The zero-order valence-electron chi connectivity index (χ0n) is 10.7. The van der Waals surface area contributed by atoms with Gasteiger partial charge in [-0.1, -0.05) is 12.1 Å². The van der Waals surface area contributed by atoms with Gasteiger partial charge in [-0.2, -0.15) is 0 Å². The van der Waals surface area contributed by atoms with E-state index in [2.05, 4.69) is 29.5 Å². The molecule has 1 heterocycles. The molecule has 0 bridgehead atoms. The molecule has 18 heavy (non-hydrogen) atoms. The molecule has 2 aromatic rings. The minimum Gasteiger partial charge on any atom is -0.495 e. The second kappa shape index (κ2) is 5.78. The number of thiophene rings is 1. The van der Waals surface area contributed by atoms with Crippen molar-refractivity contribution < 1.29 is 4.74 Å². The standard InChI is InChI=1S/C14H18N2OS/c1-16(9-8-11-5-4-10-18-11)12-6-3-7-13(17-2)14(12)15/h3-7,10H,8-9,15H2,1-2H3. The van der Waals surface area contributed by atoms with E-state index in [1.165, 1.54) is 4.88 Å². The number of ether oxygens (including phenoxy) is 1. The van der Waals surface area contributed by atoms with Gasteiger partial charge in [0.15, 0.2) is 0 Å². The summed E-state index contributed by atoms with van der Waals surface area (Å²) < 4.78 is 5.24. The van der Waals surface area contributed by atoms with Crippen LogP contribution in [0.4, 0.5) is 11.4 Å². The second-order valence-electron chi connectivity index (χ2n) is 4.14. The first-order valence-electron chi connectivity index (χ1n) is 5.88. The van der Waals surface area contributed by atoms with E-state index in [4.69, 9.17) is 10.5 Å². The van der Waals surface area contributed by atoms with Crippen LogP contribution < -0.4 is 15.4 Å². The summed E-state index contributed by atoms with van der Waals surface area (Å²) in [5.41, 5.74) is 7.80. The summed E-state index contributed by atoms with van der Waals surface area (Å²) in [7, 11) is 3.69. The average molecular weight is 262 g/mol. The van der Waals surface area contributed by atoms with Crippen molar-refractivity contribution >= 4 is 22.7 Å². The van der Waals surface area contributed by atoms with Gasteiger partial charge < -0.3 is 15.4 Å². The number of hydrogen-bond acceptors (Lipinski definition) is 4. The van der Waals surface area contributed by atoms with E-state index in [0.29, 0.717) is 5.69 Å². The van der Waals surface area contributed by atoms with Crippen LogP contribution in [0.2, 0.25) is 0 Å². The Bertz CT molecular complexity index is 497. The molecular formula is C14H18N2OS. The number of hydrogen-bond donors (Lipinski definition) is 1. The molecule has 0 atom stereocenters. The molecule has 0 aliphatic rings. The molecule has 96 valence electrons. The highest BCUT2D eigenvalue weighted by Gasteiger charge is 2.09. The quantitative estimate of drug-likeness (QED) is 0.842. The molecule has 0 saturated carbocycles. The number of nitrogens with two attached hydrogens (primary N) is 1. The molecule has 1 aromatic carbocycles. The van der Waals surface area contributed by atoms with Crippen molar-refractivity contribution in [2.24, 2.45) is 0 Å². The van der Waals surface area contributed by atoms with Gasteiger partial charge in [0.05, 0.1) is 18.5 Å². The molecule has 3 nitrogen and oxygen atoms in total.